The fourth-order valence-electron chi connectivity index (χ4n) is 1.27. The van der Waals surface area contributed by atoms with Gasteiger partial charge in [-0.25, -0.2) is 0 Å². The third-order valence-electron chi connectivity index (χ3n) is 1.99. The molecule has 2 rings (SSSR count). The topological polar surface area (TPSA) is 27.1 Å². The molecule has 4 heteroatoms. The average Bonchev–Trinajstić information content (AvgIpc) is 2.63. The molecule has 0 aliphatic carbocycles. The van der Waals surface area contributed by atoms with Gasteiger partial charge in [-0.3, -0.25) is 4.68 Å². The zero-order valence-corrected chi connectivity index (χ0v) is 9.94. The molecule has 1 aromatic carbocycles. The van der Waals surface area contributed by atoms with E-state index in [1.807, 2.05) is 37.5 Å². The van der Waals surface area contributed by atoms with Crippen LogP contribution < -0.4 is 4.74 Å². The maximum absolute atomic E-state index is 5.64. The molecule has 0 radical (unpaired) electrons. The van der Waals surface area contributed by atoms with E-state index in [0.717, 1.165) is 15.8 Å². The van der Waals surface area contributed by atoms with Gasteiger partial charge in [0.2, 0.25) is 0 Å². The smallest absolute Gasteiger partial charge is 0.133 e. The van der Waals surface area contributed by atoms with Crippen LogP contribution in [-0.2, 0) is 13.7 Å². The van der Waals surface area contributed by atoms with Gasteiger partial charge < -0.3 is 4.74 Å². The summed E-state index contributed by atoms with van der Waals surface area (Å²) >= 11 is 3.43. The van der Waals surface area contributed by atoms with Gasteiger partial charge in [0, 0.05) is 18.8 Å². The minimum absolute atomic E-state index is 0.538. The standard InChI is InChI=1S/C11H11BrN2O/c1-14-7-9(6-13-14)8-15-11-5-3-2-4-10(11)12/h2-7H,8H2,1H3. The normalized spacial score (nSPS) is 10.3. The van der Waals surface area contributed by atoms with Crippen molar-refractivity contribution >= 4 is 15.9 Å². The second kappa shape index (κ2) is 4.49. The Morgan fingerprint density at radius 3 is 2.87 bits per heavy atom. The van der Waals surface area contributed by atoms with Crippen LogP contribution in [0, 0.1) is 0 Å². The molecular weight excluding hydrogens is 256 g/mol. The zero-order chi connectivity index (χ0) is 10.7. The van der Waals surface area contributed by atoms with E-state index in [1.54, 1.807) is 10.9 Å². The van der Waals surface area contributed by atoms with Crippen LogP contribution in [0.3, 0.4) is 0 Å². The molecule has 0 saturated heterocycles. The zero-order valence-electron chi connectivity index (χ0n) is 8.35. The minimum atomic E-state index is 0.538. The van der Waals surface area contributed by atoms with E-state index in [0.29, 0.717) is 6.61 Å². The van der Waals surface area contributed by atoms with Crippen molar-refractivity contribution in [3.8, 4) is 5.75 Å². The van der Waals surface area contributed by atoms with Gasteiger partial charge in [-0.05, 0) is 28.1 Å². The number of aromatic nitrogens is 2. The van der Waals surface area contributed by atoms with Gasteiger partial charge in [-0.2, -0.15) is 5.10 Å². The molecule has 0 N–H and O–H groups in total. The van der Waals surface area contributed by atoms with Crippen LogP contribution in [0.5, 0.6) is 5.75 Å². The van der Waals surface area contributed by atoms with E-state index in [1.165, 1.54) is 0 Å². The predicted molar refractivity (Wildman–Crippen MR) is 61.7 cm³/mol. The van der Waals surface area contributed by atoms with Crippen LogP contribution in [0.2, 0.25) is 0 Å². The minimum Gasteiger partial charge on any atom is -0.488 e. The average molecular weight is 267 g/mol. The SMILES string of the molecule is Cn1cc(COc2ccccc2Br)cn1. The molecule has 15 heavy (non-hydrogen) atoms. The lowest BCUT2D eigenvalue weighted by atomic mass is 10.3. The van der Waals surface area contributed by atoms with Gasteiger partial charge in [-0.15, -0.1) is 0 Å². The molecular formula is C11H11BrN2O. The van der Waals surface area contributed by atoms with E-state index in [4.69, 9.17) is 4.74 Å². The number of rotatable bonds is 3. The molecule has 1 heterocycles. The second-order valence-electron chi connectivity index (χ2n) is 3.24. The Morgan fingerprint density at radius 1 is 1.40 bits per heavy atom. The Bertz CT molecular complexity index is 453. The molecule has 0 amide bonds. The third-order valence-corrected chi connectivity index (χ3v) is 2.64. The molecule has 3 nitrogen and oxygen atoms in total. The van der Waals surface area contributed by atoms with Crippen molar-refractivity contribution < 1.29 is 4.74 Å². The molecule has 2 aromatic rings. The highest BCUT2D eigenvalue weighted by atomic mass is 79.9. The monoisotopic (exact) mass is 266 g/mol. The first-order valence-corrected chi connectivity index (χ1v) is 5.40. The van der Waals surface area contributed by atoms with E-state index in [9.17, 15) is 0 Å². The van der Waals surface area contributed by atoms with E-state index in [2.05, 4.69) is 21.0 Å². The summed E-state index contributed by atoms with van der Waals surface area (Å²) < 4.78 is 8.37. The number of aryl methyl sites for hydroxylation is 1. The first-order chi connectivity index (χ1) is 7.25. The van der Waals surface area contributed by atoms with Crippen LogP contribution in [-0.4, -0.2) is 9.78 Å². The van der Waals surface area contributed by atoms with Gasteiger partial charge >= 0.3 is 0 Å². The summed E-state index contributed by atoms with van der Waals surface area (Å²) in [6.07, 6.45) is 3.74. The van der Waals surface area contributed by atoms with Gasteiger partial charge in [0.05, 0.1) is 10.7 Å². The van der Waals surface area contributed by atoms with E-state index in [-0.39, 0.29) is 0 Å². The van der Waals surface area contributed by atoms with Gasteiger partial charge in [0.25, 0.3) is 0 Å². The number of nitrogens with zero attached hydrogens (tertiary/aromatic N) is 2. The highest BCUT2D eigenvalue weighted by molar-refractivity contribution is 9.10. The molecule has 0 bridgehead atoms. The summed E-state index contributed by atoms with van der Waals surface area (Å²) in [6.45, 7) is 0.538. The first kappa shape index (κ1) is 10.2. The van der Waals surface area contributed by atoms with Crippen molar-refractivity contribution in [2.75, 3.05) is 0 Å². The molecule has 0 saturated carbocycles. The summed E-state index contributed by atoms with van der Waals surface area (Å²) in [4.78, 5) is 0. The van der Waals surface area contributed by atoms with Gasteiger partial charge in [0.15, 0.2) is 0 Å². The van der Waals surface area contributed by atoms with Crippen molar-refractivity contribution in [2.24, 2.45) is 7.05 Å². The lowest BCUT2D eigenvalue weighted by molar-refractivity contribution is 0.304. The highest BCUT2D eigenvalue weighted by Gasteiger charge is 2.01. The third kappa shape index (κ3) is 2.59. The number of halogens is 1. The number of para-hydroxylation sites is 1. The molecule has 0 aliphatic heterocycles. The summed E-state index contributed by atoms with van der Waals surface area (Å²) in [7, 11) is 1.89. The van der Waals surface area contributed by atoms with Crippen molar-refractivity contribution in [1.82, 2.24) is 9.78 Å². The summed E-state index contributed by atoms with van der Waals surface area (Å²) in [5.74, 6) is 0.848. The fraction of sp³-hybridized carbons (Fsp3) is 0.182. The molecule has 0 aliphatic rings. The second-order valence-corrected chi connectivity index (χ2v) is 4.10. The van der Waals surface area contributed by atoms with Crippen LogP contribution in [0.25, 0.3) is 0 Å². The van der Waals surface area contributed by atoms with Crippen molar-refractivity contribution in [3.05, 3.63) is 46.7 Å². The van der Waals surface area contributed by atoms with Crippen molar-refractivity contribution in [2.45, 2.75) is 6.61 Å². The maximum Gasteiger partial charge on any atom is 0.133 e. The van der Waals surface area contributed by atoms with Crippen molar-refractivity contribution in [3.63, 3.8) is 0 Å². The Kier molecular flexibility index (Phi) is 3.06. The molecule has 0 spiro atoms. The van der Waals surface area contributed by atoms with Gasteiger partial charge in [0.1, 0.15) is 12.4 Å². The maximum atomic E-state index is 5.64. The van der Waals surface area contributed by atoms with E-state index >= 15 is 0 Å². The first-order valence-electron chi connectivity index (χ1n) is 4.60. The number of ether oxygens (including phenoxy) is 1. The van der Waals surface area contributed by atoms with Crippen LogP contribution in [0.1, 0.15) is 5.56 Å². The molecule has 0 unspecified atom stereocenters. The predicted octanol–water partition coefficient (Wildman–Crippen LogP) is 2.76. The van der Waals surface area contributed by atoms with E-state index < -0.39 is 0 Å². The largest absolute Gasteiger partial charge is 0.488 e. The Labute approximate surface area is 96.8 Å². The molecule has 1 aromatic heterocycles. The number of hydrogen-bond donors (Lipinski definition) is 0. The van der Waals surface area contributed by atoms with Crippen LogP contribution in [0.15, 0.2) is 41.1 Å². The molecule has 0 fully saturated rings. The Hall–Kier alpha value is -1.29. The van der Waals surface area contributed by atoms with Gasteiger partial charge in [-0.1, -0.05) is 12.1 Å². The molecule has 78 valence electrons. The van der Waals surface area contributed by atoms with Crippen LogP contribution >= 0.6 is 15.9 Å². The fourth-order valence-corrected chi connectivity index (χ4v) is 1.67. The molecule has 0 atom stereocenters. The van der Waals surface area contributed by atoms with Crippen molar-refractivity contribution in [1.29, 1.82) is 0 Å². The highest BCUT2D eigenvalue weighted by Crippen LogP contribution is 2.24. The van der Waals surface area contributed by atoms with Crippen LogP contribution in [0.4, 0.5) is 0 Å². The number of hydrogen-bond acceptors (Lipinski definition) is 2. The summed E-state index contributed by atoms with van der Waals surface area (Å²) in [5.41, 5.74) is 1.06. The Balaban J connectivity index is 2.02. The summed E-state index contributed by atoms with van der Waals surface area (Å²) in [6, 6.07) is 7.80. The lowest BCUT2D eigenvalue weighted by Gasteiger charge is -2.05. The lowest BCUT2D eigenvalue weighted by Crippen LogP contribution is -1.94. The summed E-state index contributed by atoms with van der Waals surface area (Å²) in [5, 5.41) is 4.08. The number of benzene rings is 1. The quantitative estimate of drug-likeness (QED) is 0.855. The Morgan fingerprint density at radius 2 is 2.20 bits per heavy atom.